The summed E-state index contributed by atoms with van der Waals surface area (Å²) in [6.45, 7) is 1.82. The normalized spacial score (nSPS) is 11.2. The van der Waals surface area contributed by atoms with Crippen molar-refractivity contribution < 1.29 is 27.4 Å². The highest BCUT2D eigenvalue weighted by Gasteiger charge is 2.23. The maximum atomic E-state index is 13.8. The molecule has 11 nitrogen and oxygen atoms in total. The second kappa shape index (κ2) is 11.9. The molecule has 0 fully saturated rings. The molecule has 0 radical (unpaired) electrons. The zero-order valence-corrected chi connectivity index (χ0v) is 24.7. The third-order valence-corrected chi connectivity index (χ3v) is 8.01. The summed E-state index contributed by atoms with van der Waals surface area (Å²) in [6.07, 6.45) is 0. The lowest BCUT2D eigenvalue weighted by Gasteiger charge is -2.17. The summed E-state index contributed by atoms with van der Waals surface area (Å²) in [5.74, 6) is 0.922. The molecule has 0 bridgehead atoms. The van der Waals surface area contributed by atoms with Crippen LogP contribution in [0.15, 0.2) is 83.8 Å². The summed E-state index contributed by atoms with van der Waals surface area (Å²) in [5, 5.41) is 3.14. The molecule has 0 atom stereocenters. The van der Waals surface area contributed by atoms with Crippen LogP contribution in [0.4, 0.5) is 17.3 Å². The minimum atomic E-state index is -4.21. The number of ether oxygens (including phenoxy) is 3. The van der Waals surface area contributed by atoms with E-state index in [1.807, 2.05) is 13.0 Å². The van der Waals surface area contributed by atoms with Crippen LogP contribution in [0.25, 0.3) is 22.2 Å². The van der Waals surface area contributed by atoms with Crippen LogP contribution in [0.1, 0.15) is 15.9 Å². The molecular weight excluding hydrogens is 570 g/mol. The quantitative estimate of drug-likeness (QED) is 0.195. The van der Waals surface area contributed by atoms with E-state index in [4.69, 9.17) is 19.9 Å². The number of aryl methyl sites for hydroxylation is 1. The number of para-hydroxylation sites is 2. The Kier molecular flexibility index (Phi) is 8.04. The first-order valence-corrected chi connectivity index (χ1v) is 14.5. The predicted octanol–water partition coefficient (Wildman–Crippen LogP) is 5.27. The van der Waals surface area contributed by atoms with Crippen molar-refractivity contribution in [3.63, 3.8) is 0 Å². The maximum Gasteiger partial charge on any atom is 0.263 e. The predicted molar refractivity (Wildman–Crippen MR) is 165 cm³/mol. The fourth-order valence-electron chi connectivity index (χ4n) is 4.62. The van der Waals surface area contributed by atoms with E-state index < -0.39 is 15.9 Å². The van der Waals surface area contributed by atoms with Crippen LogP contribution >= 0.6 is 0 Å². The van der Waals surface area contributed by atoms with Gasteiger partial charge in [-0.1, -0.05) is 30.3 Å². The molecule has 43 heavy (non-hydrogen) atoms. The average molecular weight is 600 g/mol. The lowest BCUT2D eigenvalue weighted by Crippen LogP contribution is -2.16. The van der Waals surface area contributed by atoms with E-state index in [0.29, 0.717) is 45.1 Å². The molecule has 0 aliphatic rings. The number of benzene rings is 4. The maximum absolute atomic E-state index is 13.8. The highest BCUT2D eigenvalue weighted by molar-refractivity contribution is 7.92. The number of hydrogen-bond donors (Lipinski definition) is 3. The first-order chi connectivity index (χ1) is 20.6. The molecule has 0 spiro atoms. The number of primary amides is 1. The number of nitrogens with zero attached hydrogens (tertiary/aromatic N) is 2. The molecule has 1 heterocycles. The SMILES string of the molecule is COc1cc(Nc2nc3ccccc3nc2NS(=O)(=O)c2cccc(-c3c(C(N)=O)ccc(C)c3OC)c2)cc(OC)c1. The number of aromatic nitrogens is 2. The fourth-order valence-corrected chi connectivity index (χ4v) is 5.68. The molecule has 0 saturated carbocycles. The minimum Gasteiger partial charge on any atom is -0.497 e. The van der Waals surface area contributed by atoms with Crippen LogP contribution in [0.3, 0.4) is 0 Å². The number of sulfonamides is 1. The zero-order chi connectivity index (χ0) is 30.7. The summed E-state index contributed by atoms with van der Waals surface area (Å²) in [6, 6.07) is 21.7. The van der Waals surface area contributed by atoms with E-state index in [1.165, 1.54) is 33.5 Å². The molecular formula is C31H29N5O6S. The van der Waals surface area contributed by atoms with Crippen LogP contribution in [0.5, 0.6) is 17.2 Å². The van der Waals surface area contributed by atoms with Crippen LogP contribution < -0.4 is 30.0 Å². The molecule has 1 aromatic heterocycles. The molecule has 0 unspecified atom stereocenters. The van der Waals surface area contributed by atoms with Gasteiger partial charge in [-0.2, -0.15) is 0 Å². The molecule has 12 heteroatoms. The molecule has 1 amide bonds. The molecule has 4 aromatic carbocycles. The van der Waals surface area contributed by atoms with E-state index in [1.54, 1.807) is 60.7 Å². The van der Waals surface area contributed by atoms with Crippen LogP contribution in [-0.4, -0.2) is 45.6 Å². The van der Waals surface area contributed by atoms with Gasteiger partial charge in [-0.05, 0) is 48.4 Å². The summed E-state index contributed by atoms with van der Waals surface area (Å²) >= 11 is 0. The number of anilines is 3. The van der Waals surface area contributed by atoms with Gasteiger partial charge in [0, 0.05) is 29.4 Å². The van der Waals surface area contributed by atoms with Gasteiger partial charge in [0.2, 0.25) is 5.91 Å². The Morgan fingerprint density at radius 1 is 0.791 bits per heavy atom. The third kappa shape index (κ3) is 5.99. The van der Waals surface area contributed by atoms with Gasteiger partial charge in [0.15, 0.2) is 11.6 Å². The number of methoxy groups -OCH3 is 3. The van der Waals surface area contributed by atoms with E-state index >= 15 is 0 Å². The van der Waals surface area contributed by atoms with Gasteiger partial charge in [0.05, 0.1) is 42.8 Å². The van der Waals surface area contributed by atoms with Crippen molar-refractivity contribution in [1.29, 1.82) is 0 Å². The van der Waals surface area contributed by atoms with Gasteiger partial charge in [-0.25, -0.2) is 18.4 Å². The fraction of sp³-hybridized carbons (Fsp3) is 0.129. The molecule has 0 saturated heterocycles. The van der Waals surface area contributed by atoms with Gasteiger partial charge in [0.1, 0.15) is 17.2 Å². The van der Waals surface area contributed by atoms with E-state index in [9.17, 15) is 13.2 Å². The summed E-state index contributed by atoms with van der Waals surface area (Å²) in [4.78, 5) is 21.4. The van der Waals surface area contributed by atoms with Gasteiger partial charge in [-0.3, -0.25) is 9.52 Å². The lowest BCUT2D eigenvalue weighted by molar-refractivity contribution is 0.100. The van der Waals surface area contributed by atoms with Crippen LogP contribution in [-0.2, 0) is 10.0 Å². The van der Waals surface area contributed by atoms with Crippen molar-refractivity contribution in [1.82, 2.24) is 9.97 Å². The molecule has 0 aliphatic carbocycles. The smallest absolute Gasteiger partial charge is 0.263 e. The van der Waals surface area contributed by atoms with Crippen LogP contribution in [0, 0.1) is 6.92 Å². The van der Waals surface area contributed by atoms with Gasteiger partial charge in [-0.15, -0.1) is 0 Å². The molecule has 4 N–H and O–H groups in total. The van der Waals surface area contributed by atoms with Crippen molar-refractivity contribution >= 4 is 44.3 Å². The molecule has 5 aromatic rings. The van der Waals surface area contributed by atoms with Crippen molar-refractivity contribution in [2.45, 2.75) is 11.8 Å². The second-order valence-electron chi connectivity index (χ2n) is 9.47. The summed E-state index contributed by atoms with van der Waals surface area (Å²) in [7, 11) is 0.318. The Morgan fingerprint density at radius 3 is 2.05 bits per heavy atom. The number of nitrogens with two attached hydrogens (primary N) is 1. The standard InChI is InChI=1S/C31H29N5O6S/c1-18-12-13-24(29(32)37)27(28(18)42-4)19-8-7-9-23(14-19)43(38,39)36-31-30(34-25-10-5-6-11-26(25)35-31)33-20-15-21(40-2)17-22(16-20)41-3/h5-17H,1-4H3,(H2,32,37)(H,33,34)(H,35,36). The Labute approximate surface area is 248 Å². The Bertz CT molecular complexity index is 1940. The number of rotatable bonds is 10. The van der Waals surface area contributed by atoms with Crippen LogP contribution in [0.2, 0.25) is 0 Å². The van der Waals surface area contributed by atoms with Crippen molar-refractivity contribution in [2.75, 3.05) is 31.4 Å². The lowest BCUT2D eigenvalue weighted by atomic mass is 9.95. The Morgan fingerprint density at radius 2 is 1.44 bits per heavy atom. The highest BCUT2D eigenvalue weighted by Crippen LogP contribution is 2.37. The number of nitrogens with one attached hydrogen (secondary N) is 2. The van der Waals surface area contributed by atoms with Crippen molar-refractivity contribution in [2.24, 2.45) is 5.73 Å². The number of carbonyl (C=O) groups excluding carboxylic acids is 1. The zero-order valence-electron chi connectivity index (χ0n) is 23.8. The number of fused-ring (bicyclic) bond motifs is 1. The highest BCUT2D eigenvalue weighted by atomic mass is 32.2. The van der Waals surface area contributed by atoms with E-state index in [0.717, 1.165) is 5.56 Å². The van der Waals surface area contributed by atoms with Gasteiger partial charge < -0.3 is 25.3 Å². The number of hydrogen-bond acceptors (Lipinski definition) is 9. The molecule has 0 aliphatic heterocycles. The second-order valence-corrected chi connectivity index (χ2v) is 11.2. The largest absolute Gasteiger partial charge is 0.497 e. The van der Waals surface area contributed by atoms with E-state index in [-0.39, 0.29) is 22.1 Å². The monoisotopic (exact) mass is 599 g/mol. The van der Waals surface area contributed by atoms with Gasteiger partial charge in [0.25, 0.3) is 10.0 Å². The number of carbonyl (C=O) groups is 1. The Hall–Kier alpha value is -5.36. The third-order valence-electron chi connectivity index (χ3n) is 6.67. The van der Waals surface area contributed by atoms with E-state index in [2.05, 4.69) is 20.0 Å². The Balaban J connectivity index is 1.59. The first-order valence-electron chi connectivity index (χ1n) is 13.0. The molecule has 5 rings (SSSR count). The number of amides is 1. The molecule has 220 valence electrons. The summed E-state index contributed by atoms with van der Waals surface area (Å²) in [5.41, 5.74) is 9.01. The van der Waals surface area contributed by atoms with Gasteiger partial charge >= 0.3 is 0 Å². The summed E-state index contributed by atoms with van der Waals surface area (Å²) < 4.78 is 46.5. The minimum absolute atomic E-state index is 0.0307. The average Bonchev–Trinajstić information content (AvgIpc) is 3.00. The van der Waals surface area contributed by atoms with Crippen molar-refractivity contribution in [3.8, 4) is 28.4 Å². The first kappa shape index (κ1) is 29.1. The topological polar surface area (TPSA) is 155 Å². The van der Waals surface area contributed by atoms with Crippen molar-refractivity contribution in [3.05, 3.63) is 90.0 Å².